The van der Waals surface area contributed by atoms with Crippen molar-refractivity contribution >= 4 is 11.6 Å². The lowest BCUT2D eigenvalue weighted by atomic mass is 10.1. The minimum absolute atomic E-state index is 0.300. The third-order valence-corrected chi connectivity index (χ3v) is 3.10. The maximum Gasteiger partial charge on any atom is 0.0822 e. The number of rotatable bonds is 0. The third-order valence-electron chi connectivity index (χ3n) is 2.76. The lowest BCUT2D eigenvalue weighted by Crippen LogP contribution is -2.01. The van der Waals surface area contributed by atoms with Crippen LogP contribution in [0.3, 0.4) is 0 Å². The molecule has 0 aliphatic heterocycles. The highest BCUT2D eigenvalue weighted by atomic mass is 35.5. The molecular weight excluding hydrogens is 184 g/mol. The first-order valence-electron chi connectivity index (χ1n) is 4.56. The molecule has 13 heavy (non-hydrogen) atoms. The smallest absolute Gasteiger partial charge is 0.0822 e. The average molecular weight is 197 g/mol. The van der Waals surface area contributed by atoms with E-state index >= 15 is 0 Å². The van der Waals surface area contributed by atoms with E-state index in [4.69, 9.17) is 11.6 Å². The molecule has 1 N–H and O–H groups in total. The van der Waals surface area contributed by atoms with Crippen LogP contribution in [0.4, 0.5) is 0 Å². The molecule has 0 saturated heterocycles. The first kappa shape index (κ1) is 9.04. The first-order valence-corrected chi connectivity index (χ1v) is 4.94. The molecule has 0 heterocycles. The topological polar surface area (TPSA) is 20.2 Å². The Bertz CT molecular complexity index is 346. The Morgan fingerprint density at radius 1 is 1.46 bits per heavy atom. The fraction of sp³-hybridized carbons (Fsp3) is 0.455. The number of aliphatic hydroxyl groups is 1. The van der Waals surface area contributed by atoms with Gasteiger partial charge in [-0.1, -0.05) is 24.6 Å². The molecule has 0 bridgehead atoms. The van der Waals surface area contributed by atoms with E-state index < -0.39 is 0 Å². The van der Waals surface area contributed by atoms with E-state index in [1.807, 2.05) is 19.1 Å². The molecule has 0 saturated carbocycles. The quantitative estimate of drug-likeness (QED) is 0.677. The second kappa shape index (κ2) is 3.00. The van der Waals surface area contributed by atoms with Gasteiger partial charge in [-0.25, -0.2) is 0 Å². The van der Waals surface area contributed by atoms with E-state index in [2.05, 4.69) is 6.92 Å². The van der Waals surface area contributed by atoms with Crippen LogP contribution in [0.1, 0.15) is 29.7 Å². The Balaban J connectivity index is 2.57. The molecule has 1 aliphatic rings. The Labute approximate surface area is 83.3 Å². The molecule has 1 aromatic carbocycles. The molecule has 2 rings (SSSR count). The van der Waals surface area contributed by atoms with Crippen LogP contribution in [-0.2, 0) is 6.42 Å². The number of hydrogen-bond acceptors (Lipinski definition) is 1. The molecule has 1 aliphatic carbocycles. The van der Waals surface area contributed by atoms with Gasteiger partial charge >= 0.3 is 0 Å². The van der Waals surface area contributed by atoms with Crippen LogP contribution in [0.25, 0.3) is 0 Å². The fourth-order valence-corrected chi connectivity index (χ4v) is 2.38. The van der Waals surface area contributed by atoms with E-state index in [0.29, 0.717) is 5.92 Å². The van der Waals surface area contributed by atoms with Gasteiger partial charge in [0.05, 0.1) is 6.10 Å². The lowest BCUT2D eigenvalue weighted by molar-refractivity contribution is 0.133. The molecule has 2 atom stereocenters. The van der Waals surface area contributed by atoms with Gasteiger partial charge in [0, 0.05) is 5.02 Å². The summed E-state index contributed by atoms with van der Waals surface area (Å²) >= 11 is 6.09. The molecule has 1 aromatic rings. The molecule has 0 amide bonds. The van der Waals surface area contributed by atoms with Crippen molar-refractivity contribution in [2.45, 2.75) is 26.4 Å². The normalized spacial score (nSPS) is 26.2. The minimum Gasteiger partial charge on any atom is -0.388 e. The van der Waals surface area contributed by atoms with Crippen LogP contribution in [-0.4, -0.2) is 5.11 Å². The molecular formula is C11H13ClO. The number of fused-ring (bicyclic) bond motifs is 1. The highest BCUT2D eigenvalue weighted by Gasteiger charge is 2.29. The predicted octanol–water partition coefficient (Wildman–Crippen LogP) is 2.87. The van der Waals surface area contributed by atoms with Crippen molar-refractivity contribution in [2.24, 2.45) is 5.92 Å². The van der Waals surface area contributed by atoms with Gasteiger partial charge in [0.15, 0.2) is 0 Å². The zero-order chi connectivity index (χ0) is 9.59. The zero-order valence-electron chi connectivity index (χ0n) is 7.84. The van der Waals surface area contributed by atoms with Crippen LogP contribution in [0.5, 0.6) is 0 Å². The summed E-state index contributed by atoms with van der Waals surface area (Å²) in [5.41, 5.74) is 3.28. The summed E-state index contributed by atoms with van der Waals surface area (Å²) in [5, 5.41) is 10.6. The van der Waals surface area contributed by atoms with Gasteiger partial charge < -0.3 is 5.11 Å². The molecule has 70 valence electrons. The second-order valence-corrected chi connectivity index (χ2v) is 4.35. The van der Waals surface area contributed by atoms with Crippen molar-refractivity contribution < 1.29 is 5.11 Å². The SMILES string of the molecule is Cc1cc(Cl)c2c(c1)[C@@H](O)[C@H](C)C2. The average Bonchev–Trinajstić information content (AvgIpc) is 2.32. The molecule has 0 fully saturated rings. The Morgan fingerprint density at radius 3 is 2.85 bits per heavy atom. The minimum atomic E-state index is -0.326. The summed E-state index contributed by atoms with van der Waals surface area (Å²) in [6.45, 7) is 4.05. The lowest BCUT2D eigenvalue weighted by Gasteiger charge is -2.08. The van der Waals surface area contributed by atoms with Gasteiger partial charge in [0.25, 0.3) is 0 Å². The molecule has 0 spiro atoms. The van der Waals surface area contributed by atoms with Gasteiger partial charge in [-0.2, -0.15) is 0 Å². The van der Waals surface area contributed by atoms with Crippen molar-refractivity contribution in [3.63, 3.8) is 0 Å². The Kier molecular flexibility index (Phi) is 2.09. The summed E-state index contributed by atoms with van der Waals surface area (Å²) in [6.07, 6.45) is 0.572. The summed E-state index contributed by atoms with van der Waals surface area (Å²) in [4.78, 5) is 0. The summed E-state index contributed by atoms with van der Waals surface area (Å²) in [6, 6.07) is 4.00. The van der Waals surface area contributed by atoms with E-state index in [1.165, 1.54) is 0 Å². The fourth-order valence-electron chi connectivity index (χ4n) is 2.02. The number of halogens is 1. The van der Waals surface area contributed by atoms with Gasteiger partial charge in [-0.15, -0.1) is 0 Å². The van der Waals surface area contributed by atoms with Crippen LogP contribution in [0.2, 0.25) is 5.02 Å². The highest BCUT2D eigenvalue weighted by molar-refractivity contribution is 6.31. The van der Waals surface area contributed by atoms with E-state index in [-0.39, 0.29) is 6.10 Å². The second-order valence-electron chi connectivity index (χ2n) is 3.94. The van der Waals surface area contributed by atoms with Gasteiger partial charge in [-0.05, 0) is 42.0 Å². The van der Waals surface area contributed by atoms with E-state index in [9.17, 15) is 5.11 Å². The molecule has 1 nitrogen and oxygen atoms in total. The highest BCUT2D eigenvalue weighted by Crippen LogP contribution is 2.39. The Hall–Kier alpha value is -0.530. The van der Waals surface area contributed by atoms with Crippen LogP contribution in [0.15, 0.2) is 12.1 Å². The maximum absolute atomic E-state index is 9.84. The monoisotopic (exact) mass is 196 g/mol. The van der Waals surface area contributed by atoms with Crippen molar-refractivity contribution in [2.75, 3.05) is 0 Å². The van der Waals surface area contributed by atoms with E-state index in [0.717, 1.165) is 28.1 Å². The Morgan fingerprint density at radius 2 is 2.15 bits per heavy atom. The predicted molar refractivity (Wildman–Crippen MR) is 54.0 cm³/mol. The number of aliphatic hydroxyl groups excluding tert-OH is 1. The van der Waals surface area contributed by atoms with Crippen LogP contribution < -0.4 is 0 Å². The number of benzene rings is 1. The van der Waals surface area contributed by atoms with Gasteiger partial charge in [0.1, 0.15) is 0 Å². The zero-order valence-corrected chi connectivity index (χ0v) is 8.60. The third kappa shape index (κ3) is 1.36. The van der Waals surface area contributed by atoms with Crippen LogP contribution in [0, 0.1) is 12.8 Å². The molecule has 0 radical (unpaired) electrons. The molecule has 0 unspecified atom stereocenters. The van der Waals surface area contributed by atoms with Gasteiger partial charge in [0.2, 0.25) is 0 Å². The summed E-state index contributed by atoms with van der Waals surface area (Å²) in [7, 11) is 0. The van der Waals surface area contributed by atoms with Gasteiger partial charge in [-0.3, -0.25) is 0 Å². The molecule has 2 heteroatoms. The number of aryl methyl sites for hydroxylation is 1. The largest absolute Gasteiger partial charge is 0.388 e. The van der Waals surface area contributed by atoms with Crippen molar-refractivity contribution in [3.05, 3.63) is 33.8 Å². The van der Waals surface area contributed by atoms with Crippen molar-refractivity contribution in [1.82, 2.24) is 0 Å². The number of hydrogen-bond donors (Lipinski definition) is 1. The summed E-state index contributed by atoms with van der Waals surface area (Å²) in [5.74, 6) is 0.300. The van der Waals surface area contributed by atoms with E-state index in [1.54, 1.807) is 0 Å². The molecule has 0 aromatic heterocycles. The summed E-state index contributed by atoms with van der Waals surface area (Å²) < 4.78 is 0. The standard InChI is InChI=1S/C11H13ClO/c1-6-3-9-8(10(12)4-6)5-7(2)11(9)13/h3-4,7,11,13H,5H2,1-2H3/t7-,11+/m1/s1. The van der Waals surface area contributed by atoms with Crippen molar-refractivity contribution in [1.29, 1.82) is 0 Å². The first-order chi connectivity index (χ1) is 6.09. The van der Waals surface area contributed by atoms with Crippen LogP contribution >= 0.6 is 11.6 Å². The maximum atomic E-state index is 9.84. The van der Waals surface area contributed by atoms with Crippen molar-refractivity contribution in [3.8, 4) is 0 Å².